The average Bonchev–Trinajstić information content (AvgIpc) is 2.00. The fourth-order valence-corrected chi connectivity index (χ4v) is 1.52. The van der Waals surface area contributed by atoms with Crippen LogP contribution in [-0.2, 0) is 9.53 Å². The van der Waals surface area contributed by atoms with Crippen LogP contribution in [0.2, 0.25) is 0 Å². The van der Waals surface area contributed by atoms with Gasteiger partial charge in [-0.3, -0.25) is 4.79 Å². The number of esters is 1. The number of ether oxygens (including phenoxy) is 1. The van der Waals surface area contributed by atoms with Crippen molar-refractivity contribution in [2.24, 2.45) is 23.5 Å². The van der Waals surface area contributed by atoms with Crippen molar-refractivity contribution in [3.63, 3.8) is 0 Å². The van der Waals surface area contributed by atoms with E-state index in [0.717, 1.165) is 12.8 Å². The maximum Gasteiger partial charge on any atom is 0.309 e. The van der Waals surface area contributed by atoms with Gasteiger partial charge in [-0.15, -0.1) is 0 Å². The molecule has 0 saturated heterocycles. The molecule has 76 valence electrons. The summed E-state index contributed by atoms with van der Waals surface area (Å²) in [6.07, 6.45) is 2.04. The van der Waals surface area contributed by atoms with Crippen LogP contribution in [0, 0.1) is 17.8 Å². The minimum absolute atomic E-state index is 0.0459. The number of carbonyl (C=O) groups is 1. The van der Waals surface area contributed by atoms with Gasteiger partial charge in [-0.2, -0.15) is 0 Å². The number of carbonyl (C=O) groups excluding carboxylic acids is 1. The van der Waals surface area contributed by atoms with Crippen LogP contribution in [0.1, 0.15) is 26.7 Å². The third-order valence-corrected chi connectivity index (χ3v) is 2.58. The van der Waals surface area contributed by atoms with Gasteiger partial charge in [0.1, 0.15) is 0 Å². The maximum atomic E-state index is 11.4. The first-order valence-electron chi connectivity index (χ1n) is 5.01. The fourth-order valence-electron chi connectivity index (χ4n) is 1.52. The number of rotatable bonds is 4. The Balaban J connectivity index is 2.23. The van der Waals surface area contributed by atoms with Gasteiger partial charge in [0.05, 0.1) is 12.5 Å². The molecule has 13 heavy (non-hydrogen) atoms. The molecule has 0 aromatic rings. The third-order valence-electron chi connectivity index (χ3n) is 2.58. The van der Waals surface area contributed by atoms with Gasteiger partial charge in [0.2, 0.25) is 0 Å². The summed E-state index contributed by atoms with van der Waals surface area (Å²) in [4.78, 5) is 11.4. The van der Waals surface area contributed by atoms with Gasteiger partial charge in [-0.1, -0.05) is 13.8 Å². The monoisotopic (exact) mass is 185 g/mol. The summed E-state index contributed by atoms with van der Waals surface area (Å²) in [5.74, 6) is 0.833. The zero-order chi connectivity index (χ0) is 9.84. The Hall–Kier alpha value is -0.570. The van der Waals surface area contributed by atoms with Gasteiger partial charge in [0.15, 0.2) is 0 Å². The summed E-state index contributed by atoms with van der Waals surface area (Å²) in [6.45, 7) is 5.22. The molecule has 3 heteroatoms. The van der Waals surface area contributed by atoms with Crippen molar-refractivity contribution in [2.75, 3.05) is 13.2 Å². The van der Waals surface area contributed by atoms with E-state index in [1.165, 1.54) is 0 Å². The van der Waals surface area contributed by atoms with E-state index >= 15 is 0 Å². The molecule has 0 spiro atoms. The highest BCUT2D eigenvalue weighted by molar-refractivity contribution is 5.73. The standard InChI is InChI=1S/C10H19NO2/c1-7(2)6-13-10(12)9-4-3-8(9)5-11/h7-9H,3-6,11H2,1-2H3. The molecule has 1 rings (SSSR count). The van der Waals surface area contributed by atoms with Crippen LogP contribution < -0.4 is 5.73 Å². The molecule has 0 aromatic heterocycles. The minimum Gasteiger partial charge on any atom is -0.465 e. The Morgan fingerprint density at radius 2 is 2.23 bits per heavy atom. The summed E-state index contributed by atoms with van der Waals surface area (Å²) in [5.41, 5.74) is 5.51. The van der Waals surface area contributed by atoms with Gasteiger partial charge < -0.3 is 10.5 Å². The van der Waals surface area contributed by atoms with Gasteiger partial charge >= 0.3 is 5.97 Å². The molecule has 2 unspecified atom stereocenters. The maximum absolute atomic E-state index is 11.4. The number of nitrogens with two attached hydrogens (primary N) is 1. The zero-order valence-electron chi connectivity index (χ0n) is 8.45. The molecule has 1 aliphatic rings. The van der Waals surface area contributed by atoms with Gasteiger partial charge in [-0.25, -0.2) is 0 Å². The van der Waals surface area contributed by atoms with Crippen LogP contribution >= 0.6 is 0 Å². The first kappa shape index (κ1) is 10.5. The SMILES string of the molecule is CC(C)COC(=O)C1CCC1CN. The Labute approximate surface area is 79.6 Å². The van der Waals surface area contributed by atoms with E-state index in [0.29, 0.717) is 25.0 Å². The lowest BCUT2D eigenvalue weighted by Gasteiger charge is -2.33. The van der Waals surface area contributed by atoms with Crippen molar-refractivity contribution < 1.29 is 9.53 Å². The van der Waals surface area contributed by atoms with Gasteiger partial charge in [0.25, 0.3) is 0 Å². The normalized spacial score (nSPS) is 27.1. The van der Waals surface area contributed by atoms with Crippen LogP contribution in [0.15, 0.2) is 0 Å². The first-order chi connectivity index (χ1) is 6.15. The number of hydrogen-bond donors (Lipinski definition) is 1. The van der Waals surface area contributed by atoms with Crippen molar-refractivity contribution in [1.29, 1.82) is 0 Å². The Morgan fingerprint density at radius 1 is 1.54 bits per heavy atom. The molecule has 2 atom stereocenters. The second kappa shape index (κ2) is 4.61. The Bertz CT molecular complexity index is 178. The molecule has 0 bridgehead atoms. The summed E-state index contributed by atoms with van der Waals surface area (Å²) < 4.78 is 5.14. The minimum atomic E-state index is -0.0459. The van der Waals surface area contributed by atoms with E-state index in [-0.39, 0.29) is 11.9 Å². The highest BCUT2D eigenvalue weighted by Gasteiger charge is 2.36. The molecular weight excluding hydrogens is 166 g/mol. The topological polar surface area (TPSA) is 52.3 Å². The van der Waals surface area contributed by atoms with Crippen LogP contribution in [-0.4, -0.2) is 19.1 Å². The highest BCUT2D eigenvalue weighted by atomic mass is 16.5. The van der Waals surface area contributed by atoms with E-state index in [9.17, 15) is 4.79 Å². The molecule has 1 aliphatic carbocycles. The summed E-state index contributed by atoms with van der Waals surface area (Å²) >= 11 is 0. The summed E-state index contributed by atoms with van der Waals surface area (Å²) in [7, 11) is 0. The van der Waals surface area contributed by atoms with Crippen LogP contribution in [0.5, 0.6) is 0 Å². The van der Waals surface area contributed by atoms with Crippen molar-refractivity contribution in [3.8, 4) is 0 Å². The Kier molecular flexibility index (Phi) is 3.72. The summed E-state index contributed by atoms with van der Waals surface area (Å²) in [5, 5.41) is 0. The molecule has 0 radical (unpaired) electrons. The van der Waals surface area contributed by atoms with Crippen molar-refractivity contribution in [3.05, 3.63) is 0 Å². The molecule has 0 aromatic carbocycles. The predicted octanol–water partition coefficient (Wildman–Crippen LogP) is 1.17. The molecule has 1 saturated carbocycles. The zero-order valence-corrected chi connectivity index (χ0v) is 8.45. The van der Waals surface area contributed by atoms with E-state index < -0.39 is 0 Å². The van der Waals surface area contributed by atoms with E-state index in [2.05, 4.69) is 0 Å². The van der Waals surface area contributed by atoms with E-state index in [1.54, 1.807) is 0 Å². The highest BCUT2D eigenvalue weighted by Crippen LogP contribution is 2.34. The second-order valence-electron chi connectivity index (χ2n) is 4.20. The molecular formula is C10H19NO2. The van der Waals surface area contributed by atoms with Crippen molar-refractivity contribution in [1.82, 2.24) is 0 Å². The molecule has 0 aliphatic heterocycles. The lowest BCUT2D eigenvalue weighted by Crippen LogP contribution is -2.39. The van der Waals surface area contributed by atoms with E-state index in [1.807, 2.05) is 13.8 Å². The number of hydrogen-bond acceptors (Lipinski definition) is 3. The van der Waals surface area contributed by atoms with Crippen molar-refractivity contribution >= 4 is 5.97 Å². The van der Waals surface area contributed by atoms with Crippen LogP contribution in [0.3, 0.4) is 0 Å². The molecule has 3 nitrogen and oxygen atoms in total. The molecule has 2 N–H and O–H groups in total. The molecule has 0 heterocycles. The third kappa shape index (κ3) is 2.69. The van der Waals surface area contributed by atoms with E-state index in [4.69, 9.17) is 10.5 Å². The lowest BCUT2D eigenvalue weighted by atomic mass is 9.74. The second-order valence-corrected chi connectivity index (χ2v) is 4.20. The van der Waals surface area contributed by atoms with Crippen molar-refractivity contribution in [2.45, 2.75) is 26.7 Å². The predicted molar refractivity (Wildman–Crippen MR) is 51.1 cm³/mol. The first-order valence-corrected chi connectivity index (χ1v) is 5.01. The van der Waals surface area contributed by atoms with Gasteiger partial charge in [-0.05, 0) is 31.2 Å². The molecule has 1 fully saturated rings. The lowest BCUT2D eigenvalue weighted by molar-refractivity contribution is -0.155. The molecule has 0 amide bonds. The average molecular weight is 185 g/mol. The smallest absolute Gasteiger partial charge is 0.309 e. The largest absolute Gasteiger partial charge is 0.465 e. The Morgan fingerprint density at radius 3 is 2.62 bits per heavy atom. The fraction of sp³-hybridized carbons (Fsp3) is 0.900. The summed E-state index contributed by atoms with van der Waals surface area (Å²) in [6, 6.07) is 0. The quantitative estimate of drug-likeness (QED) is 0.669. The van der Waals surface area contributed by atoms with Crippen LogP contribution in [0.4, 0.5) is 0 Å². The van der Waals surface area contributed by atoms with Crippen LogP contribution in [0.25, 0.3) is 0 Å². The van der Waals surface area contributed by atoms with Gasteiger partial charge in [0, 0.05) is 0 Å².